The van der Waals surface area contributed by atoms with E-state index in [0.29, 0.717) is 45.9 Å². The van der Waals surface area contributed by atoms with Crippen molar-refractivity contribution in [3.8, 4) is 34.5 Å². The maximum Gasteiger partial charge on any atom is 0.325 e. The lowest BCUT2D eigenvalue weighted by Crippen LogP contribution is -2.49. The maximum absolute atomic E-state index is 12.5. The van der Waals surface area contributed by atoms with E-state index in [2.05, 4.69) is 16.0 Å². The van der Waals surface area contributed by atoms with Gasteiger partial charge in [0.2, 0.25) is 5.91 Å². The molecule has 0 aromatic heterocycles. The van der Waals surface area contributed by atoms with Crippen molar-refractivity contribution in [3.63, 3.8) is 0 Å². The van der Waals surface area contributed by atoms with Gasteiger partial charge in [0.05, 0.1) is 13.2 Å². The second-order valence-corrected chi connectivity index (χ2v) is 13.5. The zero-order chi connectivity index (χ0) is 40.0. The van der Waals surface area contributed by atoms with Crippen LogP contribution in [0.3, 0.4) is 0 Å². The van der Waals surface area contributed by atoms with Crippen LogP contribution in [-0.2, 0) is 23.9 Å². The molecule has 1 aliphatic carbocycles. The monoisotopic (exact) mass is 755 g/mol. The highest BCUT2D eigenvalue weighted by molar-refractivity contribution is 5.89. The van der Waals surface area contributed by atoms with Gasteiger partial charge in [-0.05, 0) is 120 Å². The van der Waals surface area contributed by atoms with E-state index in [1.807, 2.05) is 6.07 Å². The summed E-state index contributed by atoms with van der Waals surface area (Å²) in [5, 5.41) is 7.96. The first-order valence-corrected chi connectivity index (χ1v) is 17.8. The lowest BCUT2D eigenvalue weighted by atomic mass is 10.1. The van der Waals surface area contributed by atoms with E-state index in [9.17, 15) is 19.2 Å². The SMILES string of the molecule is CC(C)(Oc1ccccc1Oc1ccc(N)cc1)C(=O)NCC(=O)NC1CC1.CCOC(=O)CNC(=O)C(C)(C)Oc1ccccc1Oc1ccc(N)cc1. The number of carbonyl (C=O) groups is 4. The van der Waals surface area contributed by atoms with Gasteiger partial charge in [-0.25, -0.2) is 0 Å². The quantitative estimate of drug-likeness (QED) is 0.0713. The van der Waals surface area contributed by atoms with Crippen LogP contribution in [0.4, 0.5) is 11.4 Å². The molecule has 0 aliphatic heterocycles. The average Bonchev–Trinajstić information content (AvgIpc) is 3.97. The van der Waals surface area contributed by atoms with E-state index in [1.54, 1.807) is 126 Å². The van der Waals surface area contributed by atoms with Crippen LogP contribution in [-0.4, -0.2) is 60.6 Å². The van der Waals surface area contributed by atoms with Gasteiger partial charge in [-0.15, -0.1) is 0 Å². The summed E-state index contributed by atoms with van der Waals surface area (Å²) in [6.07, 6.45) is 2.00. The fraction of sp³-hybridized carbons (Fsp3) is 0.317. The minimum absolute atomic E-state index is 0.0777. The smallest absolute Gasteiger partial charge is 0.325 e. The summed E-state index contributed by atoms with van der Waals surface area (Å²) >= 11 is 0. The lowest BCUT2D eigenvalue weighted by molar-refractivity contribution is -0.145. The van der Waals surface area contributed by atoms with Gasteiger partial charge in [0.15, 0.2) is 34.2 Å². The van der Waals surface area contributed by atoms with Crippen LogP contribution in [0.25, 0.3) is 0 Å². The number of benzene rings is 4. The van der Waals surface area contributed by atoms with E-state index in [1.165, 1.54) is 0 Å². The molecule has 3 amide bonds. The predicted molar refractivity (Wildman–Crippen MR) is 208 cm³/mol. The Morgan fingerprint density at radius 2 is 1.02 bits per heavy atom. The van der Waals surface area contributed by atoms with Gasteiger partial charge < -0.3 is 51.1 Å². The summed E-state index contributed by atoms with van der Waals surface area (Å²) < 4.78 is 28.3. The first-order chi connectivity index (χ1) is 26.1. The van der Waals surface area contributed by atoms with Crippen molar-refractivity contribution in [2.75, 3.05) is 31.2 Å². The summed E-state index contributed by atoms with van der Waals surface area (Å²) in [6.45, 7) is 8.15. The van der Waals surface area contributed by atoms with Crippen molar-refractivity contribution < 1.29 is 42.9 Å². The van der Waals surface area contributed by atoms with E-state index in [4.69, 9.17) is 35.2 Å². The number of ether oxygens (including phenoxy) is 5. The molecule has 292 valence electrons. The minimum Gasteiger partial charge on any atom is -0.474 e. The standard InChI is InChI=1S/C21H25N3O4.C20H24N2O5/c1-21(2,20(26)23-13-19(25)24-15-9-10-15)28-18-6-4-3-5-17(18)27-16-11-7-14(22)8-12-16;1-4-25-18(23)13-22-19(24)20(2,3)27-17-8-6-5-7-16(17)26-15-11-9-14(21)10-12-15/h3-8,11-12,15H,9-10,13,22H2,1-2H3,(H,23,26)(H,24,25);5-12H,4,13,21H2,1-3H3,(H,22,24). The molecule has 55 heavy (non-hydrogen) atoms. The van der Waals surface area contributed by atoms with Crippen LogP contribution in [0, 0.1) is 0 Å². The normalized spacial score (nSPS) is 12.2. The van der Waals surface area contributed by atoms with E-state index >= 15 is 0 Å². The van der Waals surface area contributed by atoms with Gasteiger partial charge >= 0.3 is 5.97 Å². The first kappa shape index (κ1) is 41.3. The Hall–Kier alpha value is -6.44. The molecule has 1 fully saturated rings. The van der Waals surface area contributed by atoms with Gasteiger partial charge in [-0.1, -0.05) is 24.3 Å². The Bertz CT molecular complexity index is 1910. The molecule has 5 rings (SSSR count). The number of nitrogens with one attached hydrogen (secondary N) is 3. The van der Waals surface area contributed by atoms with Gasteiger partial charge in [0.25, 0.3) is 11.8 Å². The third-order valence-corrected chi connectivity index (χ3v) is 7.79. The fourth-order valence-corrected chi connectivity index (χ4v) is 4.66. The summed E-state index contributed by atoms with van der Waals surface area (Å²) in [5.41, 5.74) is 10.2. The Morgan fingerprint density at radius 3 is 1.42 bits per heavy atom. The number of amides is 3. The van der Waals surface area contributed by atoms with Crippen molar-refractivity contribution >= 4 is 35.1 Å². The van der Waals surface area contributed by atoms with Crippen LogP contribution >= 0.6 is 0 Å². The molecule has 7 N–H and O–H groups in total. The average molecular weight is 756 g/mol. The minimum atomic E-state index is -1.23. The predicted octanol–water partition coefficient (Wildman–Crippen LogP) is 5.51. The molecular formula is C41H49N5O9. The molecule has 0 radical (unpaired) electrons. The second kappa shape index (κ2) is 19.1. The van der Waals surface area contributed by atoms with Crippen LogP contribution in [0.2, 0.25) is 0 Å². The number of para-hydroxylation sites is 4. The Labute approximate surface area is 320 Å². The van der Waals surface area contributed by atoms with Gasteiger partial charge in [-0.3, -0.25) is 19.2 Å². The molecule has 1 aliphatic rings. The number of anilines is 2. The largest absolute Gasteiger partial charge is 0.474 e. The molecule has 0 heterocycles. The molecule has 0 unspecified atom stereocenters. The van der Waals surface area contributed by atoms with Crippen LogP contribution in [0.15, 0.2) is 97.1 Å². The highest BCUT2D eigenvalue weighted by Crippen LogP contribution is 2.35. The zero-order valence-electron chi connectivity index (χ0n) is 31.7. The third-order valence-electron chi connectivity index (χ3n) is 7.79. The van der Waals surface area contributed by atoms with Crippen molar-refractivity contribution in [2.24, 2.45) is 0 Å². The first-order valence-electron chi connectivity index (χ1n) is 17.8. The number of nitrogen functional groups attached to an aromatic ring is 2. The lowest BCUT2D eigenvalue weighted by Gasteiger charge is -2.26. The van der Waals surface area contributed by atoms with Crippen LogP contribution in [0.5, 0.6) is 34.5 Å². The Balaban J connectivity index is 0.000000245. The summed E-state index contributed by atoms with van der Waals surface area (Å²) in [5.74, 6) is 1.39. The van der Waals surface area contributed by atoms with Crippen LogP contribution in [0.1, 0.15) is 47.5 Å². The molecule has 14 heteroatoms. The van der Waals surface area contributed by atoms with Crippen molar-refractivity contribution in [2.45, 2.75) is 64.7 Å². The Morgan fingerprint density at radius 1 is 0.618 bits per heavy atom. The number of rotatable bonds is 16. The highest BCUT2D eigenvalue weighted by Gasteiger charge is 2.33. The number of nitrogens with two attached hydrogens (primary N) is 2. The second-order valence-electron chi connectivity index (χ2n) is 13.5. The van der Waals surface area contributed by atoms with E-state index in [0.717, 1.165) is 12.8 Å². The Kier molecular flexibility index (Phi) is 14.3. The summed E-state index contributed by atoms with van der Waals surface area (Å²) in [6, 6.07) is 28.3. The maximum atomic E-state index is 12.5. The molecule has 14 nitrogen and oxygen atoms in total. The van der Waals surface area contributed by atoms with Crippen molar-refractivity contribution in [1.82, 2.24) is 16.0 Å². The molecule has 4 aromatic carbocycles. The zero-order valence-corrected chi connectivity index (χ0v) is 31.7. The molecule has 4 aromatic rings. The number of esters is 1. The van der Waals surface area contributed by atoms with E-state index < -0.39 is 23.1 Å². The number of hydrogen-bond donors (Lipinski definition) is 5. The number of hydrogen-bond acceptors (Lipinski definition) is 11. The molecule has 0 atom stereocenters. The van der Waals surface area contributed by atoms with Crippen LogP contribution < -0.4 is 46.4 Å². The summed E-state index contributed by atoms with van der Waals surface area (Å²) in [7, 11) is 0. The van der Waals surface area contributed by atoms with Gasteiger partial charge in [-0.2, -0.15) is 0 Å². The molecular weight excluding hydrogens is 706 g/mol. The molecule has 0 spiro atoms. The van der Waals surface area contributed by atoms with Gasteiger partial charge in [0, 0.05) is 17.4 Å². The van der Waals surface area contributed by atoms with E-state index in [-0.39, 0.29) is 37.6 Å². The third kappa shape index (κ3) is 13.5. The summed E-state index contributed by atoms with van der Waals surface area (Å²) in [4.78, 5) is 48.1. The molecule has 0 bridgehead atoms. The number of carbonyl (C=O) groups excluding carboxylic acids is 4. The molecule has 1 saturated carbocycles. The van der Waals surface area contributed by atoms with Crippen molar-refractivity contribution in [1.29, 1.82) is 0 Å². The topological polar surface area (TPSA) is 203 Å². The van der Waals surface area contributed by atoms with Crippen molar-refractivity contribution in [3.05, 3.63) is 97.1 Å². The fourth-order valence-electron chi connectivity index (χ4n) is 4.66. The molecule has 0 saturated heterocycles. The highest BCUT2D eigenvalue weighted by atomic mass is 16.5. The van der Waals surface area contributed by atoms with Gasteiger partial charge in [0.1, 0.15) is 18.0 Å².